The number of methoxy groups -OCH3 is 1. The van der Waals surface area contributed by atoms with Crippen LogP contribution in [0.15, 0.2) is 30.6 Å². The maximum Gasteiger partial charge on any atom is 0.213 e. The van der Waals surface area contributed by atoms with Crippen molar-refractivity contribution in [2.45, 2.75) is 13.3 Å². The molecule has 0 bridgehead atoms. The fraction of sp³-hybridized carbons (Fsp3) is 0.308. The second kappa shape index (κ2) is 5.95. The Labute approximate surface area is 106 Å². The summed E-state index contributed by atoms with van der Waals surface area (Å²) in [4.78, 5) is 12.4. The molecule has 0 aliphatic heterocycles. The largest absolute Gasteiger partial charge is 0.481 e. The molecule has 0 atom stereocenters. The number of hydrogen-bond donors (Lipinski definition) is 1. The Bertz CT molecular complexity index is 516. The molecule has 1 N–H and O–H groups in total. The summed E-state index contributed by atoms with van der Waals surface area (Å²) in [5.74, 6) is 2.26. The van der Waals surface area contributed by atoms with Crippen molar-refractivity contribution in [3.63, 3.8) is 0 Å². The zero-order valence-electron chi connectivity index (χ0n) is 10.6. The quantitative estimate of drug-likeness (QED) is 0.869. The lowest BCUT2D eigenvalue weighted by molar-refractivity contribution is 0.397. The van der Waals surface area contributed by atoms with Crippen molar-refractivity contribution < 1.29 is 4.74 Å². The Kier molecular flexibility index (Phi) is 4.06. The van der Waals surface area contributed by atoms with Crippen LogP contribution in [0.5, 0.6) is 5.88 Å². The SMILES string of the molecule is COc1cc(CCNc2ccnc(C)n2)ccn1. The van der Waals surface area contributed by atoms with Crippen LogP contribution in [0.3, 0.4) is 0 Å². The first-order chi connectivity index (χ1) is 8.78. The van der Waals surface area contributed by atoms with Gasteiger partial charge in [-0.1, -0.05) is 0 Å². The van der Waals surface area contributed by atoms with Gasteiger partial charge >= 0.3 is 0 Å². The van der Waals surface area contributed by atoms with Crippen LogP contribution in [0.2, 0.25) is 0 Å². The number of rotatable bonds is 5. The van der Waals surface area contributed by atoms with Crippen molar-refractivity contribution in [1.82, 2.24) is 15.0 Å². The van der Waals surface area contributed by atoms with Crippen molar-refractivity contribution in [2.24, 2.45) is 0 Å². The van der Waals surface area contributed by atoms with Gasteiger partial charge in [0.05, 0.1) is 7.11 Å². The molecule has 0 amide bonds. The molecule has 0 aromatic carbocycles. The number of aromatic nitrogens is 3. The van der Waals surface area contributed by atoms with Gasteiger partial charge in [-0.3, -0.25) is 0 Å². The summed E-state index contributed by atoms with van der Waals surface area (Å²) in [6.07, 6.45) is 4.39. The summed E-state index contributed by atoms with van der Waals surface area (Å²) in [5, 5.41) is 3.26. The normalized spacial score (nSPS) is 10.1. The number of nitrogens with one attached hydrogen (secondary N) is 1. The van der Waals surface area contributed by atoms with E-state index in [0.29, 0.717) is 5.88 Å². The fourth-order valence-electron chi connectivity index (χ4n) is 1.61. The predicted octanol–water partition coefficient (Wildman–Crippen LogP) is 1.84. The van der Waals surface area contributed by atoms with Gasteiger partial charge in [0.2, 0.25) is 5.88 Å². The van der Waals surface area contributed by atoms with Gasteiger partial charge in [0.15, 0.2) is 0 Å². The molecule has 2 aromatic rings. The van der Waals surface area contributed by atoms with Gasteiger partial charge in [-0.2, -0.15) is 0 Å². The van der Waals surface area contributed by atoms with Crippen LogP contribution in [0.1, 0.15) is 11.4 Å². The number of pyridine rings is 1. The van der Waals surface area contributed by atoms with E-state index in [4.69, 9.17) is 4.74 Å². The van der Waals surface area contributed by atoms with Gasteiger partial charge in [0.25, 0.3) is 0 Å². The zero-order chi connectivity index (χ0) is 12.8. The van der Waals surface area contributed by atoms with Gasteiger partial charge in [-0.15, -0.1) is 0 Å². The topological polar surface area (TPSA) is 59.9 Å². The molecule has 5 heteroatoms. The van der Waals surface area contributed by atoms with Crippen molar-refractivity contribution in [2.75, 3.05) is 19.0 Å². The molecule has 0 unspecified atom stereocenters. The van der Waals surface area contributed by atoms with Crippen molar-refractivity contribution in [1.29, 1.82) is 0 Å². The van der Waals surface area contributed by atoms with E-state index in [9.17, 15) is 0 Å². The average Bonchev–Trinajstić information content (AvgIpc) is 2.39. The molecule has 5 nitrogen and oxygen atoms in total. The fourth-order valence-corrected chi connectivity index (χ4v) is 1.61. The summed E-state index contributed by atoms with van der Waals surface area (Å²) in [7, 11) is 1.62. The van der Waals surface area contributed by atoms with E-state index in [1.807, 2.05) is 25.1 Å². The third kappa shape index (κ3) is 3.41. The number of aryl methyl sites for hydroxylation is 1. The second-order valence-corrected chi connectivity index (χ2v) is 3.87. The standard InChI is InChI=1S/C13H16N4O/c1-10-14-8-5-12(17-10)15-6-3-11-4-7-16-13(9-11)18-2/h4-5,7-9H,3,6H2,1-2H3,(H,14,15,17). The summed E-state index contributed by atoms with van der Waals surface area (Å²) in [6.45, 7) is 2.68. The van der Waals surface area contributed by atoms with E-state index in [-0.39, 0.29) is 0 Å². The minimum absolute atomic E-state index is 0.644. The first-order valence-electron chi connectivity index (χ1n) is 5.80. The highest BCUT2D eigenvalue weighted by Gasteiger charge is 1.98. The van der Waals surface area contributed by atoms with Crippen LogP contribution < -0.4 is 10.1 Å². The third-order valence-electron chi connectivity index (χ3n) is 2.50. The minimum atomic E-state index is 0.644. The molecule has 18 heavy (non-hydrogen) atoms. The van der Waals surface area contributed by atoms with E-state index in [1.165, 1.54) is 5.56 Å². The maximum absolute atomic E-state index is 5.08. The van der Waals surface area contributed by atoms with E-state index < -0.39 is 0 Å². The lowest BCUT2D eigenvalue weighted by Gasteiger charge is -2.06. The molecule has 2 rings (SSSR count). The van der Waals surface area contributed by atoms with Crippen LogP contribution in [-0.4, -0.2) is 28.6 Å². The van der Waals surface area contributed by atoms with E-state index >= 15 is 0 Å². The van der Waals surface area contributed by atoms with E-state index in [2.05, 4.69) is 20.3 Å². The molecule has 0 fully saturated rings. The van der Waals surface area contributed by atoms with Gasteiger partial charge in [-0.25, -0.2) is 15.0 Å². The Morgan fingerprint density at radius 3 is 2.83 bits per heavy atom. The van der Waals surface area contributed by atoms with Gasteiger partial charge in [0, 0.05) is 25.0 Å². The predicted molar refractivity (Wildman–Crippen MR) is 69.8 cm³/mol. The molecule has 2 heterocycles. The van der Waals surface area contributed by atoms with Crippen LogP contribution in [0.4, 0.5) is 5.82 Å². The molecule has 2 aromatic heterocycles. The molecule has 0 saturated carbocycles. The van der Waals surface area contributed by atoms with Crippen molar-refractivity contribution in [3.8, 4) is 5.88 Å². The summed E-state index contributed by atoms with van der Waals surface area (Å²) < 4.78 is 5.08. The Morgan fingerprint density at radius 2 is 2.06 bits per heavy atom. The molecular weight excluding hydrogens is 228 g/mol. The highest BCUT2D eigenvalue weighted by Crippen LogP contribution is 2.09. The van der Waals surface area contributed by atoms with Crippen LogP contribution in [-0.2, 0) is 6.42 Å². The Morgan fingerprint density at radius 1 is 1.22 bits per heavy atom. The molecule has 0 aliphatic carbocycles. The monoisotopic (exact) mass is 244 g/mol. The van der Waals surface area contributed by atoms with Gasteiger partial charge in [-0.05, 0) is 31.0 Å². The second-order valence-electron chi connectivity index (χ2n) is 3.87. The summed E-state index contributed by atoms with van der Waals surface area (Å²) in [6, 6.07) is 5.78. The Balaban J connectivity index is 1.88. The smallest absolute Gasteiger partial charge is 0.213 e. The molecule has 0 aliphatic rings. The molecular formula is C13H16N4O. The number of ether oxygens (including phenoxy) is 1. The average molecular weight is 244 g/mol. The first-order valence-corrected chi connectivity index (χ1v) is 5.80. The molecule has 0 radical (unpaired) electrons. The molecule has 0 saturated heterocycles. The van der Waals surface area contributed by atoms with Crippen molar-refractivity contribution in [3.05, 3.63) is 42.0 Å². The lowest BCUT2D eigenvalue weighted by atomic mass is 10.2. The van der Waals surface area contributed by atoms with E-state index in [1.54, 1.807) is 19.5 Å². The van der Waals surface area contributed by atoms with Crippen LogP contribution in [0.25, 0.3) is 0 Å². The first kappa shape index (κ1) is 12.3. The summed E-state index contributed by atoms with van der Waals surface area (Å²) >= 11 is 0. The number of anilines is 1. The Hall–Kier alpha value is -2.17. The lowest BCUT2D eigenvalue weighted by Crippen LogP contribution is -2.07. The maximum atomic E-state index is 5.08. The van der Waals surface area contributed by atoms with Gasteiger partial charge < -0.3 is 10.1 Å². The van der Waals surface area contributed by atoms with Gasteiger partial charge in [0.1, 0.15) is 11.6 Å². The van der Waals surface area contributed by atoms with Crippen molar-refractivity contribution >= 4 is 5.82 Å². The van der Waals surface area contributed by atoms with E-state index in [0.717, 1.165) is 24.6 Å². The molecule has 0 spiro atoms. The minimum Gasteiger partial charge on any atom is -0.481 e. The third-order valence-corrected chi connectivity index (χ3v) is 2.50. The van der Waals surface area contributed by atoms with Crippen LogP contribution >= 0.6 is 0 Å². The highest BCUT2D eigenvalue weighted by atomic mass is 16.5. The van der Waals surface area contributed by atoms with Crippen LogP contribution in [0, 0.1) is 6.92 Å². The highest BCUT2D eigenvalue weighted by molar-refractivity contribution is 5.33. The number of nitrogens with zero attached hydrogens (tertiary/aromatic N) is 3. The zero-order valence-corrected chi connectivity index (χ0v) is 10.6. The number of hydrogen-bond acceptors (Lipinski definition) is 5. The summed E-state index contributed by atoms with van der Waals surface area (Å²) in [5.41, 5.74) is 1.18. The molecule has 94 valence electrons.